The molecule has 1 aliphatic rings. The second-order valence-corrected chi connectivity index (χ2v) is 6.09. The van der Waals surface area contributed by atoms with E-state index in [-0.39, 0.29) is 42.6 Å². The van der Waals surface area contributed by atoms with Crippen LogP contribution in [-0.2, 0) is 0 Å². The van der Waals surface area contributed by atoms with Crippen molar-refractivity contribution >= 4 is 42.1 Å². The minimum Gasteiger partial charge on any atom is -0.333 e. The van der Waals surface area contributed by atoms with Crippen molar-refractivity contribution < 1.29 is 9.18 Å². The van der Waals surface area contributed by atoms with E-state index in [1.165, 1.54) is 17.4 Å². The lowest BCUT2D eigenvalue weighted by Crippen LogP contribution is -2.52. The number of rotatable bonds is 2. The fourth-order valence-electron chi connectivity index (χ4n) is 2.42. The lowest BCUT2D eigenvalue weighted by molar-refractivity contribution is 0.0660. The first-order chi connectivity index (χ1) is 10.2. The number of nitrogens with one attached hydrogen (secondary N) is 1. The SMILES string of the molecule is CC1CNCCN1C(=O)c1cnc(-c2ccccc2F)s1.Cl.Cl. The first-order valence-corrected chi connectivity index (χ1v) is 7.71. The number of benzene rings is 1. The van der Waals surface area contributed by atoms with E-state index in [1.807, 2.05) is 11.8 Å². The van der Waals surface area contributed by atoms with Crippen LogP contribution in [0.5, 0.6) is 0 Å². The number of carbonyl (C=O) groups excluding carboxylic acids is 1. The van der Waals surface area contributed by atoms with Crippen LogP contribution in [0.25, 0.3) is 10.6 Å². The van der Waals surface area contributed by atoms with Crippen LogP contribution in [0.3, 0.4) is 0 Å². The molecule has 1 aromatic carbocycles. The van der Waals surface area contributed by atoms with Crippen LogP contribution in [0, 0.1) is 5.82 Å². The van der Waals surface area contributed by atoms with Gasteiger partial charge in [-0.3, -0.25) is 4.79 Å². The maximum absolute atomic E-state index is 13.8. The van der Waals surface area contributed by atoms with E-state index in [1.54, 1.807) is 24.4 Å². The first kappa shape index (κ1) is 19.8. The van der Waals surface area contributed by atoms with Crippen molar-refractivity contribution in [2.75, 3.05) is 19.6 Å². The maximum Gasteiger partial charge on any atom is 0.265 e. The van der Waals surface area contributed by atoms with Gasteiger partial charge in [0.1, 0.15) is 15.7 Å². The van der Waals surface area contributed by atoms with Crippen molar-refractivity contribution in [1.29, 1.82) is 0 Å². The molecule has 1 atom stereocenters. The van der Waals surface area contributed by atoms with E-state index in [0.29, 0.717) is 22.0 Å². The van der Waals surface area contributed by atoms with Crippen molar-refractivity contribution in [3.05, 3.63) is 41.2 Å². The Kier molecular flexibility index (Phi) is 7.41. The summed E-state index contributed by atoms with van der Waals surface area (Å²) in [5.41, 5.74) is 0.440. The van der Waals surface area contributed by atoms with Gasteiger partial charge in [-0.15, -0.1) is 36.2 Å². The summed E-state index contributed by atoms with van der Waals surface area (Å²) in [6.07, 6.45) is 1.55. The molecule has 0 radical (unpaired) electrons. The van der Waals surface area contributed by atoms with Gasteiger partial charge in [0.25, 0.3) is 5.91 Å². The van der Waals surface area contributed by atoms with E-state index in [9.17, 15) is 9.18 Å². The van der Waals surface area contributed by atoms with E-state index < -0.39 is 0 Å². The fourth-order valence-corrected chi connectivity index (χ4v) is 3.32. The second-order valence-electron chi connectivity index (χ2n) is 5.06. The lowest BCUT2D eigenvalue weighted by atomic mass is 10.2. The number of thiazole rings is 1. The highest BCUT2D eigenvalue weighted by Crippen LogP contribution is 2.28. The summed E-state index contributed by atoms with van der Waals surface area (Å²) in [5.74, 6) is -0.342. The molecule has 1 fully saturated rings. The van der Waals surface area contributed by atoms with Gasteiger partial charge >= 0.3 is 0 Å². The van der Waals surface area contributed by atoms with E-state index in [4.69, 9.17) is 0 Å². The number of halogens is 3. The zero-order valence-corrected chi connectivity index (χ0v) is 14.9. The predicted molar refractivity (Wildman–Crippen MR) is 95.4 cm³/mol. The van der Waals surface area contributed by atoms with Gasteiger partial charge in [0, 0.05) is 31.2 Å². The van der Waals surface area contributed by atoms with Crippen molar-refractivity contribution in [2.45, 2.75) is 13.0 Å². The molecule has 1 unspecified atom stereocenters. The fraction of sp³-hybridized carbons (Fsp3) is 0.333. The molecule has 2 heterocycles. The van der Waals surface area contributed by atoms with Crippen LogP contribution in [0.2, 0.25) is 0 Å². The molecule has 23 heavy (non-hydrogen) atoms. The van der Waals surface area contributed by atoms with Crippen molar-refractivity contribution in [1.82, 2.24) is 15.2 Å². The molecule has 3 rings (SSSR count). The Bertz CT molecular complexity index is 668. The van der Waals surface area contributed by atoms with Crippen LogP contribution in [-0.4, -0.2) is 41.5 Å². The molecule has 1 aliphatic heterocycles. The van der Waals surface area contributed by atoms with Gasteiger partial charge in [-0.2, -0.15) is 0 Å². The molecule has 1 amide bonds. The number of piperazine rings is 1. The number of aromatic nitrogens is 1. The van der Waals surface area contributed by atoms with Gasteiger partial charge in [-0.05, 0) is 19.1 Å². The largest absolute Gasteiger partial charge is 0.333 e. The molecule has 8 heteroatoms. The molecule has 1 aromatic heterocycles. The smallest absolute Gasteiger partial charge is 0.265 e. The summed E-state index contributed by atoms with van der Waals surface area (Å²) in [5, 5.41) is 3.79. The van der Waals surface area contributed by atoms with Crippen molar-refractivity contribution in [3.8, 4) is 10.6 Å². The van der Waals surface area contributed by atoms with Crippen LogP contribution >= 0.6 is 36.2 Å². The molecular weight excluding hydrogens is 360 g/mol. The predicted octanol–water partition coefficient (Wildman–Crippen LogP) is 3.23. The summed E-state index contributed by atoms with van der Waals surface area (Å²) in [7, 11) is 0. The van der Waals surface area contributed by atoms with Gasteiger partial charge in [0.2, 0.25) is 0 Å². The third-order valence-corrected chi connectivity index (χ3v) is 4.60. The highest BCUT2D eigenvalue weighted by Gasteiger charge is 2.25. The zero-order chi connectivity index (χ0) is 14.8. The monoisotopic (exact) mass is 377 g/mol. The molecule has 0 bridgehead atoms. The van der Waals surface area contributed by atoms with Crippen LogP contribution in [0.1, 0.15) is 16.6 Å². The van der Waals surface area contributed by atoms with Crippen LogP contribution < -0.4 is 5.32 Å². The van der Waals surface area contributed by atoms with Crippen molar-refractivity contribution in [3.63, 3.8) is 0 Å². The van der Waals surface area contributed by atoms with E-state index >= 15 is 0 Å². The summed E-state index contributed by atoms with van der Waals surface area (Å²) in [6.45, 7) is 4.30. The van der Waals surface area contributed by atoms with Crippen LogP contribution in [0.15, 0.2) is 30.5 Å². The molecule has 1 N–H and O–H groups in total. The Morgan fingerprint density at radius 2 is 2.13 bits per heavy atom. The molecular formula is C15H18Cl2FN3OS. The average molecular weight is 378 g/mol. The number of carbonyl (C=O) groups is 1. The average Bonchev–Trinajstić information content (AvgIpc) is 2.97. The Labute approximate surface area is 150 Å². The Morgan fingerprint density at radius 3 is 2.83 bits per heavy atom. The normalized spacial score (nSPS) is 17.1. The van der Waals surface area contributed by atoms with Crippen LogP contribution in [0.4, 0.5) is 4.39 Å². The molecule has 4 nitrogen and oxygen atoms in total. The first-order valence-electron chi connectivity index (χ1n) is 6.89. The summed E-state index contributed by atoms with van der Waals surface area (Å²) in [4.78, 5) is 19.1. The van der Waals surface area contributed by atoms with Gasteiger partial charge in [-0.1, -0.05) is 12.1 Å². The lowest BCUT2D eigenvalue weighted by Gasteiger charge is -2.33. The Balaban J connectivity index is 0.00000132. The molecule has 2 aromatic rings. The highest BCUT2D eigenvalue weighted by molar-refractivity contribution is 7.16. The standard InChI is InChI=1S/C15H16FN3OS.2ClH/c1-10-8-17-6-7-19(10)15(20)13-9-18-14(21-13)11-4-2-3-5-12(11)16;;/h2-5,9-10,17H,6-8H2,1H3;2*1H. The third kappa shape index (κ3) is 4.20. The molecule has 0 aliphatic carbocycles. The van der Waals surface area contributed by atoms with Crippen molar-refractivity contribution in [2.24, 2.45) is 0 Å². The Hall–Kier alpha value is -1.21. The number of hydrogen-bond donors (Lipinski definition) is 1. The molecule has 126 valence electrons. The van der Waals surface area contributed by atoms with Gasteiger partial charge in [0.15, 0.2) is 0 Å². The van der Waals surface area contributed by atoms with Gasteiger partial charge in [-0.25, -0.2) is 9.37 Å². The van der Waals surface area contributed by atoms with E-state index in [2.05, 4.69) is 10.3 Å². The molecule has 0 spiro atoms. The summed E-state index contributed by atoms with van der Waals surface area (Å²) < 4.78 is 13.8. The number of nitrogens with zero attached hydrogens (tertiary/aromatic N) is 2. The van der Waals surface area contributed by atoms with Gasteiger partial charge in [0.05, 0.1) is 6.20 Å². The number of amides is 1. The maximum atomic E-state index is 13.8. The van der Waals surface area contributed by atoms with Gasteiger partial charge < -0.3 is 10.2 Å². The third-order valence-electron chi connectivity index (χ3n) is 3.58. The summed E-state index contributed by atoms with van der Waals surface area (Å²) >= 11 is 1.24. The minimum atomic E-state index is -0.318. The molecule has 1 saturated heterocycles. The van der Waals surface area contributed by atoms with E-state index in [0.717, 1.165) is 13.1 Å². The quantitative estimate of drug-likeness (QED) is 0.873. The topological polar surface area (TPSA) is 45.2 Å². The second kappa shape index (κ2) is 8.59. The zero-order valence-electron chi connectivity index (χ0n) is 12.5. The number of hydrogen-bond acceptors (Lipinski definition) is 4. The summed E-state index contributed by atoms with van der Waals surface area (Å²) in [6, 6.07) is 6.64. The molecule has 0 saturated carbocycles. The Morgan fingerprint density at radius 1 is 1.39 bits per heavy atom. The highest BCUT2D eigenvalue weighted by atomic mass is 35.5. The minimum absolute atomic E-state index is 0.